The van der Waals surface area contributed by atoms with Crippen LogP contribution < -0.4 is 0 Å². The van der Waals surface area contributed by atoms with Gasteiger partial charge in [0.15, 0.2) is 0 Å². The van der Waals surface area contributed by atoms with Crippen molar-refractivity contribution in [2.75, 3.05) is 0 Å². The van der Waals surface area contributed by atoms with Crippen molar-refractivity contribution in [2.45, 2.75) is 87.6 Å². The number of hydrogen-bond donors (Lipinski definition) is 0. The fourth-order valence-electron chi connectivity index (χ4n) is 4.36. The second-order valence-corrected chi connectivity index (χ2v) is 9.34. The minimum Gasteiger partial charge on any atom is -0.0971 e. The highest BCUT2D eigenvalue weighted by molar-refractivity contribution is 7.60. The van der Waals surface area contributed by atoms with Gasteiger partial charge < -0.3 is 0 Å². The standard InChI is InChI=1S/C16H27P/c1-2-4-8-14(9-5-3-1)17-15-10-6-7-11-16(17)13-12-15/h1-2,14-16H,3-13H2. The Bertz CT molecular complexity index is 257. The molecule has 2 heterocycles. The fraction of sp³-hybridized carbons (Fsp3) is 0.875. The van der Waals surface area contributed by atoms with Gasteiger partial charge in [-0.2, -0.15) is 0 Å². The van der Waals surface area contributed by atoms with Crippen LogP contribution in [0, 0.1) is 0 Å². The Morgan fingerprint density at radius 1 is 0.588 bits per heavy atom. The molecule has 2 aliphatic heterocycles. The summed E-state index contributed by atoms with van der Waals surface area (Å²) >= 11 is 0. The third-order valence-corrected chi connectivity index (χ3v) is 9.24. The molecule has 2 fully saturated rings. The summed E-state index contributed by atoms with van der Waals surface area (Å²) < 4.78 is 0. The molecule has 3 atom stereocenters. The zero-order valence-electron chi connectivity index (χ0n) is 11.1. The van der Waals surface area contributed by atoms with E-state index < -0.39 is 0 Å². The predicted octanol–water partition coefficient (Wildman–Crippen LogP) is 5.46. The van der Waals surface area contributed by atoms with E-state index in [0.717, 1.165) is 5.66 Å². The second kappa shape index (κ2) is 5.87. The number of hydrogen-bond acceptors (Lipinski definition) is 0. The quantitative estimate of drug-likeness (QED) is 0.428. The monoisotopic (exact) mass is 250 g/mol. The molecule has 0 aromatic carbocycles. The van der Waals surface area contributed by atoms with E-state index >= 15 is 0 Å². The van der Waals surface area contributed by atoms with Gasteiger partial charge in [0.25, 0.3) is 0 Å². The maximum atomic E-state index is 2.46. The van der Waals surface area contributed by atoms with Crippen LogP contribution in [0.4, 0.5) is 0 Å². The van der Waals surface area contributed by atoms with Gasteiger partial charge in [-0.1, -0.05) is 32.9 Å². The number of allylic oxidation sites excluding steroid dienone is 2. The van der Waals surface area contributed by atoms with Gasteiger partial charge in [0.1, 0.15) is 0 Å². The molecule has 0 saturated carbocycles. The Morgan fingerprint density at radius 3 is 1.94 bits per heavy atom. The van der Waals surface area contributed by atoms with Crippen LogP contribution in [0.25, 0.3) is 0 Å². The Labute approximate surface area is 108 Å². The van der Waals surface area contributed by atoms with Crippen LogP contribution in [-0.2, 0) is 0 Å². The van der Waals surface area contributed by atoms with Gasteiger partial charge in [-0.25, -0.2) is 0 Å². The molecule has 0 spiro atoms. The Morgan fingerprint density at radius 2 is 1.18 bits per heavy atom. The first kappa shape index (κ1) is 12.2. The maximum Gasteiger partial charge on any atom is -0.0201 e. The molecule has 2 bridgehead atoms. The lowest BCUT2D eigenvalue weighted by Crippen LogP contribution is -2.16. The third kappa shape index (κ3) is 2.78. The van der Waals surface area contributed by atoms with E-state index in [1.807, 2.05) is 0 Å². The third-order valence-electron chi connectivity index (χ3n) is 5.16. The van der Waals surface area contributed by atoms with Gasteiger partial charge in [-0.15, -0.1) is 0 Å². The molecular formula is C16H27P. The Balaban J connectivity index is 1.70. The predicted molar refractivity (Wildman–Crippen MR) is 78.2 cm³/mol. The molecule has 0 aromatic heterocycles. The molecule has 2 saturated heterocycles. The fourth-order valence-corrected chi connectivity index (χ4v) is 8.93. The molecule has 3 unspecified atom stereocenters. The summed E-state index contributed by atoms with van der Waals surface area (Å²) in [5, 5.41) is 0. The highest BCUT2D eigenvalue weighted by Crippen LogP contribution is 2.65. The van der Waals surface area contributed by atoms with Crippen molar-refractivity contribution in [3.05, 3.63) is 12.2 Å². The summed E-state index contributed by atoms with van der Waals surface area (Å²) in [5.41, 5.74) is 3.52. The molecule has 3 rings (SSSR count). The minimum atomic E-state index is 0.409. The first-order valence-corrected chi connectivity index (χ1v) is 9.42. The van der Waals surface area contributed by atoms with Gasteiger partial charge in [0, 0.05) is 0 Å². The number of rotatable bonds is 1. The Hall–Kier alpha value is 0.170. The first-order valence-electron chi connectivity index (χ1n) is 7.87. The van der Waals surface area contributed by atoms with Crippen LogP contribution in [-0.4, -0.2) is 17.0 Å². The normalized spacial score (nSPS) is 42.8. The average Bonchev–Trinajstić information content (AvgIpc) is 2.52. The molecule has 17 heavy (non-hydrogen) atoms. The van der Waals surface area contributed by atoms with Crippen molar-refractivity contribution in [1.82, 2.24) is 0 Å². The molecule has 0 radical (unpaired) electrons. The maximum absolute atomic E-state index is 2.46. The van der Waals surface area contributed by atoms with Gasteiger partial charge in [0.05, 0.1) is 0 Å². The van der Waals surface area contributed by atoms with E-state index in [0.29, 0.717) is 7.92 Å². The van der Waals surface area contributed by atoms with Gasteiger partial charge in [-0.05, 0) is 74.8 Å². The van der Waals surface area contributed by atoms with Crippen LogP contribution in [0.3, 0.4) is 0 Å². The highest BCUT2D eigenvalue weighted by Gasteiger charge is 2.40. The number of fused-ring (bicyclic) bond motifs is 2. The first-order chi connectivity index (χ1) is 8.45. The van der Waals surface area contributed by atoms with E-state index in [1.165, 1.54) is 37.0 Å². The van der Waals surface area contributed by atoms with Crippen molar-refractivity contribution >= 4 is 7.92 Å². The van der Waals surface area contributed by atoms with Gasteiger partial charge in [-0.3, -0.25) is 0 Å². The molecule has 96 valence electrons. The largest absolute Gasteiger partial charge is 0.0971 e. The molecule has 0 aromatic rings. The van der Waals surface area contributed by atoms with E-state index in [2.05, 4.69) is 12.2 Å². The van der Waals surface area contributed by atoms with Crippen LogP contribution in [0.15, 0.2) is 12.2 Å². The van der Waals surface area contributed by atoms with E-state index in [1.54, 1.807) is 44.9 Å². The van der Waals surface area contributed by atoms with Gasteiger partial charge in [0.2, 0.25) is 0 Å². The second-order valence-electron chi connectivity index (χ2n) is 6.25. The van der Waals surface area contributed by atoms with Crippen LogP contribution in [0.2, 0.25) is 0 Å². The zero-order chi connectivity index (χ0) is 11.5. The van der Waals surface area contributed by atoms with E-state index in [9.17, 15) is 0 Å². The van der Waals surface area contributed by atoms with Crippen LogP contribution in [0.5, 0.6) is 0 Å². The van der Waals surface area contributed by atoms with Crippen molar-refractivity contribution < 1.29 is 0 Å². The van der Waals surface area contributed by atoms with Crippen molar-refractivity contribution in [3.63, 3.8) is 0 Å². The lowest BCUT2D eigenvalue weighted by Gasteiger charge is -2.33. The smallest absolute Gasteiger partial charge is 0.0201 e. The lowest BCUT2D eigenvalue weighted by molar-refractivity contribution is 0.556. The van der Waals surface area contributed by atoms with E-state index in [-0.39, 0.29) is 0 Å². The molecule has 3 aliphatic rings. The summed E-state index contributed by atoms with van der Waals surface area (Å²) in [6, 6.07) is 0. The molecule has 1 aliphatic carbocycles. The minimum absolute atomic E-state index is 0.409. The van der Waals surface area contributed by atoms with Gasteiger partial charge >= 0.3 is 0 Å². The lowest BCUT2D eigenvalue weighted by atomic mass is 10.0. The summed E-state index contributed by atoms with van der Waals surface area (Å²) in [5.74, 6) is 0. The summed E-state index contributed by atoms with van der Waals surface area (Å²) in [7, 11) is 0.409. The summed E-state index contributed by atoms with van der Waals surface area (Å²) in [6.07, 6.45) is 21.6. The van der Waals surface area contributed by atoms with Crippen LogP contribution in [0.1, 0.15) is 70.6 Å². The average molecular weight is 250 g/mol. The van der Waals surface area contributed by atoms with Crippen molar-refractivity contribution in [1.29, 1.82) is 0 Å². The molecular weight excluding hydrogens is 223 g/mol. The molecule has 0 nitrogen and oxygen atoms in total. The molecule has 0 amide bonds. The highest BCUT2D eigenvalue weighted by atomic mass is 31.1. The topological polar surface area (TPSA) is 0 Å². The molecule has 0 N–H and O–H groups in total. The molecule has 1 heteroatoms. The van der Waals surface area contributed by atoms with Crippen LogP contribution >= 0.6 is 7.92 Å². The SMILES string of the molecule is C1=CCCC(P2C3CCCCC2CC3)CCC1. The summed E-state index contributed by atoms with van der Waals surface area (Å²) in [6.45, 7) is 0. The summed E-state index contributed by atoms with van der Waals surface area (Å²) in [4.78, 5) is 0. The van der Waals surface area contributed by atoms with Crippen molar-refractivity contribution in [2.24, 2.45) is 0 Å². The van der Waals surface area contributed by atoms with E-state index in [4.69, 9.17) is 0 Å². The Kier molecular flexibility index (Phi) is 4.22. The zero-order valence-corrected chi connectivity index (χ0v) is 12.0. The van der Waals surface area contributed by atoms with Crippen molar-refractivity contribution in [3.8, 4) is 0 Å².